The van der Waals surface area contributed by atoms with Crippen LogP contribution in [0.1, 0.15) is 42.6 Å². The first-order valence-corrected chi connectivity index (χ1v) is 8.78. The molecule has 1 aliphatic rings. The summed E-state index contributed by atoms with van der Waals surface area (Å²) in [6.45, 7) is 6.84. The number of amides is 1. The molecule has 1 heterocycles. The fraction of sp³-hybridized carbons (Fsp3) is 0.611. The topological polar surface area (TPSA) is 55.8 Å². The predicted octanol–water partition coefficient (Wildman–Crippen LogP) is 3.04. The van der Waals surface area contributed by atoms with Gasteiger partial charge in [-0.3, -0.25) is 19.8 Å². The normalized spacial score (nSPS) is 22.4. The molecular formula is C18H26F3N3O2. The van der Waals surface area contributed by atoms with Gasteiger partial charge in [-0.25, -0.2) is 5.48 Å². The molecule has 0 aromatic heterocycles. The lowest BCUT2D eigenvalue weighted by atomic mass is 10.1. The van der Waals surface area contributed by atoms with Gasteiger partial charge in [0.1, 0.15) is 0 Å². The third-order valence-electron chi connectivity index (χ3n) is 4.78. The highest BCUT2D eigenvalue weighted by atomic mass is 19.4. The first kappa shape index (κ1) is 20.7. The Hall–Kier alpha value is -1.64. The minimum Gasteiger partial charge on any atom is -0.296 e. The van der Waals surface area contributed by atoms with Crippen LogP contribution in [-0.2, 0) is 6.54 Å². The molecule has 0 saturated carbocycles. The highest BCUT2D eigenvalue weighted by Crippen LogP contribution is 2.24. The number of alkyl halides is 3. The third kappa shape index (κ3) is 5.96. The number of nitrogens with one attached hydrogen (secondary N) is 1. The van der Waals surface area contributed by atoms with E-state index in [4.69, 9.17) is 5.21 Å². The molecule has 2 unspecified atom stereocenters. The summed E-state index contributed by atoms with van der Waals surface area (Å²) >= 11 is 0. The van der Waals surface area contributed by atoms with Crippen molar-refractivity contribution in [1.29, 1.82) is 0 Å². The molecule has 0 radical (unpaired) electrons. The largest absolute Gasteiger partial charge is 0.389 e. The van der Waals surface area contributed by atoms with Crippen molar-refractivity contribution in [1.82, 2.24) is 15.3 Å². The molecule has 2 N–H and O–H groups in total. The smallest absolute Gasteiger partial charge is 0.296 e. The molecule has 1 fully saturated rings. The van der Waals surface area contributed by atoms with Gasteiger partial charge in [-0.15, -0.1) is 0 Å². The molecule has 0 aliphatic carbocycles. The van der Waals surface area contributed by atoms with E-state index in [2.05, 4.69) is 9.80 Å². The highest BCUT2D eigenvalue weighted by Gasteiger charge is 2.31. The summed E-state index contributed by atoms with van der Waals surface area (Å²) < 4.78 is 37.0. The molecule has 146 valence electrons. The summed E-state index contributed by atoms with van der Waals surface area (Å²) in [4.78, 5) is 15.8. The lowest BCUT2D eigenvalue weighted by Gasteiger charge is -2.44. The Bertz CT molecular complexity index is 580. The predicted molar refractivity (Wildman–Crippen MR) is 91.9 cm³/mol. The van der Waals surface area contributed by atoms with Gasteiger partial charge in [-0.2, -0.15) is 13.2 Å². The molecule has 2 atom stereocenters. The number of halogens is 3. The van der Waals surface area contributed by atoms with Crippen LogP contribution in [0.4, 0.5) is 13.2 Å². The van der Waals surface area contributed by atoms with Crippen molar-refractivity contribution in [3.63, 3.8) is 0 Å². The second-order valence-corrected chi connectivity index (χ2v) is 6.99. The van der Waals surface area contributed by atoms with E-state index in [1.165, 1.54) is 0 Å². The van der Waals surface area contributed by atoms with E-state index in [0.29, 0.717) is 18.7 Å². The molecule has 8 heteroatoms. The van der Waals surface area contributed by atoms with Crippen LogP contribution in [0.3, 0.4) is 0 Å². The van der Waals surface area contributed by atoms with E-state index in [1.54, 1.807) is 17.6 Å². The van der Waals surface area contributed by atoms with Gasteiger partial charge in [0.2, 0.25) is 0 Å². The van der Waals surface area contributed by atoms with Crippen LogP contribution < -0.4 is 5.48 Å². The quantitative estimate of drug-likeness (QED) is 0.595. The zero-order valence-electron chi connectivity index (χ0n) is 15.1. The second-order valence-electron chi connectivity index (χ2n) is 6.99. The molecule has 1 aliphatic heterocycles. The van der Waals surface area contributed by atoms with E-state index in [1.807, 2.05) is 26.0 Å². The van der Waals surface area contributed by atoms with Crippen LogP contribution in [0, 0.1) is 0 Å². The van der Waals surface area contributed by atoms with Gasteiger partial charge >= 0.3 is 6.18 Å². The van der Waals surface area contributed by atoms with Crippen LogP contribution in [0.2, 0.25) is 0 Å². The Morgan fingerprint density at radius 2 is 1.77 bits per heavy atom. The average molecular weight is 373 g/mol. The SMILES string of the molecule is CC1CN(Cc2ccc(C(=O)NO)cc2)CC(C)N1CCCC(F)(F)F. The Morgan fingerprint density at radius 1 is 1.19 bits per heavy atom. The van der Waals surface area contributed by atoms with E-state index >= 15 is 0 Å². The molecule has 26 heavy (non-hydrogen) atoms. The van der Waals surface area contributed by atoms with E-state index in [-0.39, 0.29) is 18.5 Å². The van der Waals surface area contributed by atoms with Gasteiger partial charge in [0.25, 0.3) is 5.91 Å². The van der Waals surface area contributed by atoms with Crippen LogP contribution >= 0.6 is 0 Å². The summed E-state index contributed by atoms with van der Waals surface area (Å²) in [6.07, 6.45) is -4.69. The highest BCUT2D eigenvalue weighted by molar-refractivity contribution is 5.93. The number of carbonyl (C=O) groups is 1. The van der Waals surface area contributed by atoms with Crippen molar-refractivity contribution in [2.24, 2.45) is 0 Å². The van der Waals surface area contributed by atoms with Crippen molar-refractivity contribution < 1.29 is 23.2 Å². The van der Waals surface area contributed by atoms with Crippen molar-refractivity contribution in [2.45, 2.75) is 51.5 Å². The monoisotopic (exact) mass is 373 g/mol. The van der Waals surface area contributed by atoms with Crippen molar-refractivity contribution in [2.75, 3.05) is 19.6 Å². The van der Waals surface area contributed by atoms with E-state index in [0.717, 1.165) is 18.7 Å². The maximum atomic E-state index is 12.3. The lowest BCUT2D eigenvalue weighted by Crippen LogP contribution is -2.56. The minimum atomic E-state index is -4.09. The standard InChI is InChI=1S/C18H26F3N3O2/c1-13-10-23(11-14(2)24(13)9-3-8-18(19,20)21)12-15-4-6-16(7-5-15)17(25)22-26/h4-7,13-14,26H,3,8-12H2,1-2H3,(H,22,25). The molecule has 0 bridgehead atoms. The van der Waals surface area contributed by atoms with Crippen molar-refractivity contribution in [3.05, 3.63) is 35.4 Å². The van der Waals surface area contributed by atoms with Gasteiger partial charge in [0.05, 0.1) is 0 Å². The average Bonchev–Trinajstić information content (AvgIpc) is 2.56. The number of hydrogen-bond donors (Lipinski definition) is 2. The number of rotatable bonds is 6. The molecule has 1 amide bonds. The number of carbonyl (C=O) groups excluding carboxylic acids is 1. The zero-order chi connectivity index (χ0) is 19.3. The number of benzene rings is 1. The first-order valence-electron chi connectivity index (χ1n) is 8.78. The molecule has 1 saturated heterocycles. The summed E-state index contributed by atoms with van der Waals surface area (Å²) in [6, 6.07) is 7.37. The molecule has 1 aromatic carbocycles. The van der Waals surface area contributed by atoms with Gasteiger partial charge in [-0.05, 0) is 44.5 Å². The number of hydroxylamine groups is 1. The minimum absolute atomic E-state index is 0.132. The molecule has 1 aromatic rings. The third-order valence-corrected chi connectivity index (χ3v) is 4.78. The number of hydrogen-bond acceptors (Lipinski definition) is 4. The van der Waals surface area contributed by atoms with Crippen molar-refractivity contribution >= 4 is 5.91 Å². The molecular weight excluding hydrogens is 347 g/mol. The fourth-order valence-electron chi connectivity index (χ4n) is 3.58. The summed E-state index contributed by atoms with van der Waals surface area (Å²) in [5, 5.41) is 8.63. The fourth-order valence-corrected chi connectivity index (χ4v) is 3.58. The van der Waals surface area contributed by atoms with Gasteiger partial charge < -0.3 is 0 Å². The maximum Gasteiger partial charge on any atom is 0.389 e. The Labute approximate surface area is 151 Å². The molecule has 2 rings (SSSR count). The summed E-state index contributed by atoms with van der Waals surface area (Å²) in [5.74, 6) is -0.550. The zero-order valence-corrected chi connectivity index (χ0v) is 15.1. The van der Waals surface area contributed by atoms with Crippen molar-refractivity contribution in [3.8, 4) is 0 Å². The van der Waals surface area contributed by atoms with Gasteiger partial charge in [0, 0.05) is 43.7 Å². The number of nitrogens with zero attached hydrogens (tertiary/aromatic N) is 2. The van der Waals surface area contributed by atoms with Crippen LogP contribution in [0.5, 0.6) is 0 Å². The summed E-state index contributed by atoms with van der Waals surface area (Å²) in [7, 11) is 0. The van der Waals surface area contributed by atoms with E-state index in [9.17, 15) is 18.0 Å². The Kier molecular flexibility index (Phi) is 7.02. The maximum absolute atomic E-state index is 12.3. The van der Waals surface area contributed by atoms with Gasteiger partial charge in [0.15, 0.2) is 0 Å². The van der Waals surface area contributed by atoms with Gasteiger partial charge in [-0.1, -0.05) is 12.1 Å². The van der Waals surface area contributed by atoms with Crippen LogP contribution in [0.25, 0.3) is 0 Å². The Balaban J connectivity index is 1.87. The second kappa shape index (κ2) is 8.83. The van der Waals surface area contributed by atoms with Crippen LogP contribution in [-0.4, -0.2) is 58.8 Å². The van der Waals surface area contributed by atoms with Crippen LogP contribution in [0.15, 0.2) is 24.3 Å². The lowest BCUT2D eigenvalue weighted by molar-refractivity contribution is -0.137. The molecule has 0 spiro atoms. The Morgan fingerprint density at radius 3 is 2.27 bits per heavy atom. The van der Waals surface area contributed by atoms with E-state index < -0.39 is 18.5 Å². The summed E-state index contributed by atoms with van der Waals surface area (Å²) in [5.41, 5.74) is 3.03. The molecule has 5 nitrogen and oxygen atoms in total. The number of piperazine rings is 1. The first-order chi connectivity index (χ1) is 12.2.